The van der Waals surface area contributed by atoms with E-state index in [2.05, 4.69) is 69.4 Å². The van der Waals surface area contributed by atoms with Crippen LogP contribution in [0.15, 0.2) is 48.6 Å². The molecular weight excluding hydrogens is 841 g/mol. The highest BCUT2D eigenvalue weighted by Crippen LogP contribution is 2.16. The first-order valence-electron chi connectivity index (χ1n) is 29.6. The van der Waals surface area contributed by atoms with Crippen LogP contribution in [-0.2, 0) is 28.6 Å². The first-order valence-corrected chi connectivity index (χ1v) is 29.6. The van der Waals surface area contributed by atoms with Crippen molar-refractivity contribution in [2.24, 2.45) is 0 Å². The molecule has 0 aliphatic carbocycles. The maximum atomic E-state index is 12.8. The van der Waals surface area contributed by atoms with Gasteiger partial charge in [0.1, 0.15) is 13.2 Å². The lowest BCUT2D eigenvalue weighted by Gasteiger charge is -2.18. The molecule has 396 valence electrons. The number of carbonyl (C=O) groups is 3. The van der Waals surface area contributed by atoms with Gasteiger partial charge in [-0.3, -0.25) is 14.4 Å². The summed E-state index contributed by atoms with van der Waals surface area (Å²) in [5.74, 6) is -0.881. The lowest BCUT2D eigenvalue weighted by atomic mass is 10.0. The summed E-state index contributed by atoms with van der Waals surface area (Å²) in [7, 11) is 0. The Morgan fingerprint density at radius 2 is 0.529 bits per heavy atom. The molecule has 1 unspecified atom stereocenters. The van der Waals surface area contributed by atoms with Gasteiger partial charge >= 0.3 is 17.9 Å². The fourth-order valence-electron chi connectivity index (χ4n) is 8.56. The topological polar surface area (TPSA) is 78.9 Å². The number of hydrogen-bond acceptors (Lipinski definition) is 6. The average molecular weight is 954 g/mol. The van der Waals surface area contributed by atoms with Gasteiger partial charge in [0.15, 0.2) is 6.10 Å². The van der Waals surface area contributed by atoms with E-state index in [1.165, 1.54) is 193 Å². The molecular formula is C62H112O6. The van der Waals surface area contributed by atoms with Crippen LogP contribution in [0.4, 0.5) is 0 Å². The van der Waals surface area contributed by atoms with E-state index >= 15 is 0 Å². The SMILES string of the molecule is CCCCC/C=C\C/C=C\C/C=C\CCCCCCCCC(=O)OC(COC(=O)CCCCCCCCCC)COC(=O)CCCCCCCCCCCCC/C=C\CCCCCCCCCC. The van der Waals surface area contributed by atoms with Gasteiger partial charge in [0, 0.05) is 19.3 Å². The Morgan fingerprint density at radius 1 is 0.294 bits per heavy atom. The van der Waals surface area contributed by atoms with Gasteiger partial charge in [-0.1, -0.05) is 256 Å². The maximum Gasteiger partial charge on any atom is 0.306 e. The number of unbranched alkanes of at least 4 members (excludes halogenated alkanes) is 35. The van der Waals surface area contributed by atoms with Gasteiger partial charge in [-0.2, -0.15) is 0 Å². The van der Waals surface area contributed by atoms with Gasteiger partial charge in [-0.25, -0.2) is 0 Å². The summed E-state index contributed by atoms with van der Waals surface area (Å²) in [6, 6.07) is 0. The van der Waals surface area contributed by atoms with Crippen molar-refractivity contribution in [3.8, 4) is 0 Å². The van der Waals surface area contributed by atoms with E-state index in [1.54, 1.807) is 0 Å². The van der Waals surface area contributed by atoms with Crippen LogP contribution in [0.3, 0.4) is 0 Å². The minimum absolute atomic E-state index is 0.0764. The highest BCUT2D eigenvalue weighted by Gasteiger charge is 2.19. The first-order chi connectivity index (χ1) is 33.5. The molecule has 0 aliphatic rings. The van der Waals surface area contributed by atoms with E-state index < -0.39 is 6.10 Å². The molecule has 0 amide bonds. The maximum absolute atomic E-state index is 12.8. The van der Waals surface area contributed by atoms with E-state index in [0.717, 1.165) is 77.0 Å². The lowest BCUT2D eigenvalue weighted by Crippen LogP contribution is -2.30. The summed E-state index contributed by atoms with van der Waals surface area (Å²) in [6.07, 6.45) is 69.8. The van der Waals surface area contributed by atoms with Crippen LogP contribution in [0.2, 0.25) is 0 Å². The van der Waals surface area contributed by atoms with Crippen molar-refractivity contribution in [1.82, 2.24) is 0 Å². The Morgan fingerprint density at radius 3 is 0.868 bits per heavy atom. The summed E-state index contributed by atoms with van der Waals surface area (Å²) in [5.41, 5.74) is 0. The fraction of sp³-hybridized carbons (Fsp3) is 0.823. The van der Waals surface area contributed by atoms with E-state index in [4.69, 9.17) is 14.2 Å². The third-order valence-electron chi connectivity index (χ3n) is 13.1. The summed E-state index contributed by atoms with van der Waals surface area (Å²) in [4.78, 5) is 38.0. The van der Waals surface area contributed by atoms with Crippen LogP contribution in [-0.4, -0.2) is 37.2 Å². The van der Waals surface area contributed by atoms with Gasteiger partial charge in [-0.15, -0.1) is 0 Å². The second-order valence-corrected chi connectivity index (χ2v) is 19.9. The van der Waals surface area contributed by atoms with Gasteiger partial charge in [0.25, 0.3) is 0 Å². The van der Waals surface area contributed by atoms with Crippen LogP contribution in [0.5, 0.6) is 0 Å². The van der Waals surface area contributed by atoms with Gasteiger partial charge in [0.2, 0.25) is 0 Å². The summed E-state index contributed by atoms with van der Waals surface area (Å²) in [5, 5.41) is 0. The fourth-order valence-corrected chi connectivity index (χ4v) is 8.56. The van der Waals surface area contributed by atoms with E-state index in [1.807, 2.05) is 0 Å². The standard InChI is InChI=1S/C62H112O6/c1-4-7-10-13-16-19-21-23-25-27-29-30-31-32-34-35-37-39-41-43-46-49-52-55-61(64)67-58-59(57-66-60(63)54-51-48-45-18-15-12-9-6-3)68-62(65)56-53-50-47-44-42-40-38-36-33-28-26-24-22-20-17-14-11-8-5-2/h17,20,24,26-27,29,33,36,59H,4-16,18-19,21-23,25,28,30-32,34-35,37-58H2,1-3H3/b20-17-,26-24-,29-27-,36-33-. The number of carbonyl (C=O) groups excluding carboxylic acids is 3. The number of allylic oxidation sites excluding steroid dienone is 8. The Balaban J connectivity index is 4.21. The number of ether oxygens (including phenoxy) is 3. The monoisotopic (exact) mass is 953 g/mol. The quantitative estimate of drug-likeness (QED) is 0.0262. The molecule has 0 bridgehead atoms. The van der Waals surface area contributed by atoms with Crippen LogP contribution >= 0.6 is 0 Å². The van der Waals surface area contributed by atoms with Gasteiger partial charge in [0.05, 0.1) is 0 Å². The third-order valence-corrected chi connectivity index (χ3v) is 13.1. The number of esters is 3. The molecule has 0 aromatic rings. The second kappa shape index (κ2) is 57.0. The zero-order valence-corrected chi connectivity index (χ0v) is 45.4. The molecule has 0 rings (SSSR count). The van der Waals surface area contributed by atoms with Crippen LogP contribution in [0, 0.1) is 0 Å². The predicted molar refractivity (Wildman–Crippen MR) is 293 cm³/mol. The molecule has 1 atom stereocenters. The normalized spacial score (nSPS) is 12.3. The minimum atomic E-state index is -0.777. The van der Waals surface area contributed by atoms with Crippen molar-refractivity contribution in [3.63, 3.8) is 0 Å². The highest BCUT2D eigenvalue weighted by atomic mass is 16.6. The molecule has 0 fully saturated rings. The molecule has 0 saturated carbocycles. The molecule has 0 spiro atoms. The molecule has 0 radical (unpaired) electrons. The smallest absolute Gasteiger partial charge is 0.306 e. The van der Waals surface area contributed by atoms with Gasteiger partial charge < -0.3 is 14.2 Å². The molecule has 0 aliphatic heterocycles. The Labute approximate surface area is 422 Å². The lowest BCUT2D eigenvalue weighted by molar-refractivity contribution is -0.167. The van der Waals surface area contributed by atoms with Crippen molar-refractivity contribution in [3.05, 3.63) is 48.6 Å². The molecule has 6 heteroatoms. The Bertz CT molecular complexity index is 1190. The largest absolute Gasteiger partial charge is 0.462 e. The van der Waals surface area contributed by atoms with E-state index in [0.29, 0.717) is 19.3 Å². The van der Waals surface area contributed by atoms with Crippen LogP contribution in [0.1, 0.15) is 310 Å². The van der Waals surface area contributed by atoms with Crippen molar-refractivity contribution in [2.75, 3.05) is 13.2 Å². The minimum Gasteiger partial charge on any atom is -0.462 e. The van der Waals surface area contributed by atoms with Crippen molar-refractivity contribution >= 4 is 17.9 Å². The number of rotatable bonds is 54. The molecule has 0 saturated heterocycles. The molecule has 0 heterocycles. The zero-order valence-electron chi connectivity index (χ0n) is 45.4. The van der Waals surface area contributed by atoms with E-state index in [9.17, 15) is 14.4 Å². The summed E-state index contributed by atoms with van der Waals surface area (Å²) < 4.78 is 16.8. The summed E-state index contributed by atoms with van der Waals surface area (Å²) >= 11 is 0. The first kappa shape index (κ1) is 65.4. The Hall–Kier alpha value is -2.63. The third kappa shape index (κ3) is 54.3. The Kier molecular flexibility index (Phi) is 54.8. The molecule has 6 nitrogen and oxygen atoms in total. The predicted octanol–water partition coefficient (Wildman–Crippen LogP) is 19.8. The van der Waals surface area contributed by atoms with Gasteiger partial charge in [-0.05, 0) is 83.5 Å². The van der Waals surface area contributed by atoms with Crippen LogP contribution < -0.4 is 0 Å². The average Bonchev–Trinajstić information content (AvgIpc) is 3.34. The molecule has 0 aromatic carbocycles. The highest BCUT2D eigenvalue weighted by molar-refractivity contribution is 5.71. The second-order valence-electron chi connectivity index (χ2n) is 19.9. The van der Waals surface area contributed by atoms with Crippen molar-refractivity contribution in [1.29, 1.82) is 0 Å². The number of hydrogen-bond donors (Lipinski definition) is 0. The van der Waals surface area contributed by atoms with E-state index in [-0.39, 0.29) is 31.1 Å². The molecule has 0 aromatic heterocycles. The molecule has 0 N–H and O–H groups in total. The van der Waals surface area contributed by atoms with Crippen molar-refractivity contribution < 1.29 is 28.6 Å². The van der Waals surface area contributed by atoms with Crippen molar-refractivity contribution in [2.45, 2.75) is 316 Å². The summed E-state index contributed by atoms with van der Waals surface area (Å²) in [6.45, 7) is 6.60. The van der Waals surface area contributed by atoms with Crippen LogP contribution in [0.25, 0.3) is 0 Å². The molecule has 68 heavy (non-hydrogen) atoms. The zero-order chi connectivity index (χ0) is 49.3.